The summed E-state index contributed by atoms with van der Waals surface area (Å²) in [5, 5.41) is 1.39. The van der Waals surface area contributed by atoms with Crippen molar-refractivity contribution in [2.45, 2.75) is 31.7 Å². The van der Waals surface area contributed by atoms with Crippen LogP contribution in [0.2, 0.25) is 5.02 Å². The SMILES string of the molecule is Cc1ccc(F)cc1S(=O)(=O)N1CC=C(c2c(C)n(Cc3c(F)cccc3Cl)c3ccccc23)CC1. The summed E-state index contributed by atoms with van der Waals surface area (Å²) in [6.45, 7) is 4.40. The molecule has 8 heteroatoms. The largest absolute Gasteiger partial charge is 0.340 e. The van der Waals surface area contributed by atoms with Gasteiger partial charge in [-0.2, -0.15) is 4.31 Å². The van der Waals surface area contributed by atoms with Crippen LogP contribution >= 0.6 is 11.6 Å². The molecule has 0 atom stereocenters. The molecule has 186 valence electrons. The third-order valence-electron chi connectivity index (χ3n) is 6.87. The minimum absolute atomic E-state index is 0.00565. The van der Waals surface area contributed by atoms with E-state index in [1.807, 2.05) is 37.3 Å². The number of halogens is 3. The van der Waals surface area contributed by atoms with E-state index >= 15 is 0 Å². The Kier molecular flexibility index (Phi) is 6.49. The molecule has 1 aliphatic heterocycles. The van der Waals surface area contributed by atoms with Gasteiger partial charge in [-0.1, -0.05) is 48.0 Å². The van der Waals surface area contributed by atoms with E-state index in [0.29, 0.717) is 22.6 Å². The standard InChI is InChI=1S/C28H25ClF2N2O2S/c1-18-10-11-21(30)16-27(18)36(34,35)32-14-12-20(13-15-32)28-19(2)33(26-9-4-3-6-22(26)28)17-23-24(29)7-5-8-25(23)31/h3-12,16H,13-15,17H2,1-2H3. The fourth-order valence-corrected chi connectivity index (χ4v) is 6.81. The van der Waals surface area contributed by atoms with E-state index in [9.17, 15) is 17.2 Å². The number of rotatable bonds is 5. The molecular formula is C28H25ClF2N2O2S. The van der Waals surface area contributed by atoms with Crippen molar-refractivity contribution < 1.29 is 17.2 Å². The van der Waals surface area contributed by atoms with Gasteiger partial charge in [-0.25, -0.2) is 17.2 Å². The fraction of sp³-hybridized carbons (Fsp3) is 0.214. The molecule has 3 aromatic carbocycles. The Balaban J connectivity index is 1.52. The molecule has 0 N–H and O–H groups in total. The molecule has 0 fully saturated rings. The molecule has 0 unspecified atom stereocenters. The molecule has 2 heterocycles. The molecule has 0 saturated carbocycles. The predicted octanol–water partition coefficient (Wildman–Crippen LogP) is 6.72. The third-order valence-corrected chi connectivity index (χ3v) is 9.23. The van der Waals surface area contributed by atoms with Crippen molar-refractivity contribution in [1.82, 2.24) is 8.87 Å². The van der Waals surface area contributed by atoms with Gasteiger partial charge in [-0.05, 0) is 61.7 Å². The zero-order chi connectivity index (χ0) is 25.6. The summed E-state index contributed by atoms with van der Waals surface area (Å²) in [4.78, 5) is -0.00565. The van der Waals surface area contributed by atoms with E-state index in [2.05, 4.69) is 4.57 Å². The highest BCUT2D eigenvalue weighted by Gasteiger charge is 2.29. The van der Waals surface area contributed by atoms with Crippen LogP contribution in [0, 0.1) is 25.5 Å². The summed E-state index contributed by atoms with van der Waals surface area (Å²) in [5.74, 6) is -0.933. The second kappa shape index (κ2) is 9.47. The highest BCUT2D eigenvalue weighted by atomic mass is 35.5. The van der Waals surface area contributed by atoms with Gasteiger partial charge in [0.05, 0.1) is 11.4 Å². The lowest BCUT2D eigenvalue weighted by atomic mass is 9.97. The monoisotopic (exact) mass is 526 g/mol. The van der Waals surface area contributed by atoms with E-state index < -0.39 is 15.8 Å². The van der Waals surface area contributed by atoms with Gasteiger partial charge in [0.2, 0.25) is 10.0 Å². The van der Waals surface area contributed by atoms with Crippen LogP contribution in [0.4, 0.5) is 8.78 Å². The first-order chi connectivity index (χ1) is 17.2. The zero-order valence-electron chi connectivity index (χ0n) is 19.9. The van der Waals surface area contributed by atoms with Gasteiger partial charge in [-0.3, -0.25) is 0 Å². The highest BCUT2D eigenvalue weighted by molar-refractivity contribution is 7.89. The van der Waals surface area contributed by atoms with E-state index in [1.165, 1.54) is 22.5 Å². The number of para-hydroxylation sites is 1. The number of hydrogen-bond donors (Lipinski definition) is 0. The van der Waals surface area contributed by atoms with Crippen molar-refractivity contribution in [3.8, 4) is 0 Å². The first-order valence-electron chi connectivity index (χ1n) is 11.6. The maximum Gasteiger partial charge on any atom is 0.243 e. The molecule has 0 saturated heterocycles. The minimum Gasteiger partial charge on any atom is -0.340 e. The Bertz CT molecular complexity index is 1610. The van der Waals surface area contributed by atoms with Crippen molar-refractivity contribution in [3.05, 3.63) is 106 Å². The van der Waals surface area contributed by atoms with Crippen LogP contribution in [-0.4, -0.2) is 30.4 Å². The Morgan fingerprint density at radius 2 is 1.78 bits per heavy atom. The van der Waals surface area contributed by atoms with Crippen molar-refractivity contribution in [1.29, 1.82) is 0 Å². The molecule has 0 radical (unpaired) electrons. The number of nitrogens with zero attached hydrogens (tertiary/aromatic N) is 2. The molecule has 1 aliphatic rings. The van der Waals surface area contributed by atoms with Crippen molar-refractivity contribution >= 4 is 38.1 Å². The van der Waals surface area contributed by atoms with Crippen LogP contribution in [0.3, 0.4) is 0 Å². The third kappa shape index (κ3) is 4.25. The smallest absolute Gasteiger partial charge is 0.243 e. The Labute approximate surface area is 214 Å². The number of sulfonamides is 1. The van der Waals surface area contributed by atoms with E-state index in [-0.39, 0.29) is 30.3 Å². The number of aromatic nitrogens is 1. The van der Waals surface area contributed by atoms with Gasteiger partial charge in [0, 0.05) is 45.8 Å². The van der Waals surface area contributed by atoms with Crippen LogP contribution in [0.5, 0.6) is 0 Å². The number of fused-ring (bicyclic) bond motifs is 1. The quantitative estimate of drug-likeness (QED) is 0.290. The maximum atomic E-state index is 14.6. The fourth-order valence-electron chi connectivity index (χ4n) is 4.97. The van der Waals surface area contributed by atoms with Crippen LogP contribution in [-0.2, 0) is 16.6 Å². The lowest BCUT2D eigenvalue weighted by molar-refractivity contribution is 0.440. The molecule has 4 aromatic rings. The summed E-state index contributed by atoms with van der Waals surface area (Å²) < 4.78 is 58.3. The number of benzene rings is 3. The van der Waals surface area contributed by atoms with Gasteiger partial charge >= 0.3 is 0 Å². The molecule has 0 amide bonds. The number of hydrogen-bond acceptors (Lipinski definition) is 2. The Hall–Kier alpha value is -3.00. The van der Waals surface area contributed by atoms with Crippen LogP contribution in [0.1, 0.15) is 28.8 Å². The first kappa shape index (κ1) is 24.7. The average molecular weight is 527 g/mol. The predicted molar refractivity (Wildman–Crippen MR) is 140 cm³/mol. The van der Waals surface area contributed by atoms with Crippen molar-refractivity contribution in [2.24, 2.45) is 0 Å². The van der Waals surface area contributed by atoms with Gasteiger partial charge < -0.3 is 4.57 Å². The Morgan fingerprint density at radius 3 is 2.50 bits per heavy atom. The normalized spacial score (nSPS) is 14.9. The molecule has 0 bridgehead atoms. The minimum atomic E-state index is -3.83. The molecule has 4 nitrogen and oxygen atoms in total. The van der Waals surface area contributed by atoms with E-state index in [4.69, 9.17) is 11.6 Å². The van der Waals surface area contributed by atoms with Crippen LogP contribution in [0.25, 0.3) is 16.5 Å². The van der Waals surface area contributed by atoms with Crippen molar-refractivity contribution in [3.63, 3.8) is 0 Å². The summed E-state index contributed by atoms with van der Waals surface area (Å²) in [6, 6.07) is 16.4. The van der Waals surface area contributed by atoms with Crippen molar-refractivity contribution in [2.75, 3.05) is 13.1 Å². The molecule has 0 spiro atoms. The summed E-state index contributed by atoms with van der Waals surface area (Å²) in [6.07, 6.45) is 2.42. The maximum absolute atomic E-state index is 14.6. The highest BCUT2D eigenvalue weighted by Crippen LogP contribution is 2.36. The summed E-state index contributed by atoms with van der Waals surface area (Å²) in [7, 11) is -3.83. The second-order valence-corrected chi connectivity index (χ2v) is 11.3. The first-order valence-corrected chi connectivity index (χ1v) is 13.5. The lowest BCUT2D eigenvalue weighted by Crippen LogP contribution is -2.35. The van der Waals surface area contributed by atoms with Gasteiger partial charge in [0.1, 0.15) is 11.6 Å². The molecule has 1 aromatic heterocycles. The number of aryl methyl sites for hydroxylation is 1. The lowest BCUT2D eigenvalue weighted by Gasteiger charge is -2.27. The topological polar surface area (TPSA) is 42.3 Å². The van der Waals surface area contributed by atoms with E-state index in [0.717, 1.165) is 33.8 Å². The van der Waals surface area contributed by atoms with Crippen LogP contribution in [0.15, 0.2) is 71.6 Å². The van der Waals surface area contributed by atoms with Gasteiger partial charge in [0.25, 0.3) is 0 Å². The average Bonchev–Trinajstić information content (AvgIpc) is 3.14. The molecule has 5 rings (SSSR count). The summed E-state index contributed by atoms with van der Waals surface area (Å²) >= 11 is 6.32. The second-order valence-electron chi connectivity index (χ2n) is 9.02. The zero-order valence-corrected chi connectivity index (χ0v) is 21.5. The van der Waals surface area contributed by atoms with Gasteiger partial charge in [-0.15, -0.1) is 0 Å². The van der Waals surface area contributed by atoms with E-state index in [1.54, 1.807) is 19.1 Å². The molecule has 0 aliphatic carbocycles. The Morgan fingerprint density at radius 1 is 1.00 bits per heavy atom. The molecule has 36 heavy (non-hydrogen) atoms. The molecular weight excluding hydrogens is 502 g/mol. The summed E-state index contributed by atoms with van der Waals surface area (Å²) in [5.41, 5.74) is 4.91. The van der Waals surface area contributed by atoms with Crippen LogP contribution < -0.4 is 0 Å². The van der Waals surface area contributed by atoms with Gasteiger partial charge in [0.15, 0.2) is 0 Å².